The van der Waals surface area contributed by atoms with Gasteiger partial charge in [0.05, 0.1) is 38.8 Å². The number of hydrogen-bond donors (Lipinski definition) is 1. The quantitative estimate of drug-likeness (QED) is 0.0952. The van der Waals surface area contributed by atoms with Gasteiger partial charge in [-0.2, -0.15) is 5.10 Å². The third kappa shape index (κ3) is 6.56. The van der Waals surface area contributed by atoms with E-state index in [-0.39, 0.29) is 0 Å². The highest BCUT2D eigenvalue weighted by Gasteiger charge is 2.34. The first-order valence-electron chi connectivity index (χ1n) is 12.9. The van der Waals surface area contributed by atoms with Crippen molar-refractivity contribution >= 4 is 90.7 Å². The molecule has 1 aliphatic carbocycles. The van der Waals surface area contributed by atoms with Crippen molar-refractivity contribution in [3.8, 4) is 17.2 Å². The molecule has 1 fully saturated rings. The number of anilines is 3. The largest absolute Gasteiger partial charge is 0.495 e. The highest BCUT2D eigenvalue weighted by atomic mass is 127. The lowest BCUT2D eigenvalue weighted by molar-refractivity contribution is 0.0597. The van der Waals surface area contributed by atoms with Gasteiger partial charge in [0.1, 0.15) is 27.7 Å². The van der Waals surface area contributed by atoms with Crippen LogP contribution in [0.1, 0.15) is 45.2 Å². The zero-order valence-electron chi connectivity index (χ0n) is 23.8. The molecule has 0 spiro atoms. The molecule has 2 heterocycles. The molecule has 2 aromatic heterocycles. The van der Waals surface area contributed by atoms with E-state index < -0.39 is 11.7 Å². The van der Waals surface area contributed by atoms with E-state index in [1.54, 1.807) is 33.5 Å². The second-order valence-corrected chi connectivity index (χ2v) is 14.2. The Labute approximate surface area is 270 Å². The fourth-order valence-electron chi connectivity index (χ4n) is 4.27. The van der Waals surface area contributed by atoms with Crippen LogP contribution >= 0.6 is 56.3 Å². The van der Waals surface area contributed by atoms with Crippen LogP contribution in [0.15, 0.2) is 44.2 Å². The van der Waals surface area contributed by atoms with Crippen LogP contribution in [0.3, 0.4) is 0 Å². The summed E-state index contributed by atoms with van der Waals surface area (Å²) in [6, 6.07) is 9.14. The summed E-state index contributed by atoms with van der Waals surface area (Å²) in [5.41, 5.74) is 1.24. The third-order valence-corrected chi connectivity index (χ3v) is 9.54. The summed E-state index contributed by atoms with van der Waals surface area (Å²) in [7, 11) is 4.73. The average molecular weight is 790 g/mol. The predicted octanol–water partition coefficient (Wildman–Crippen LogP) is 8.67. The average Bonchev–Trinajstić information content (AvgIpc) is 3.59. The van der Waals surface area contributed by atoms with Crippen molar-refractivity contribution in [3.05, 3.63) is 40.5 Å². The summed E-state index contributed by atoms with van der Waals surface area (Å²) < 4.78 is 34.4. The predicted molar refractivity (Wildman–Crippen MR) is 178 cm³/mol. The number of aromatic nitrogens is 3. The SMILES string of the molecule is COc1cc2c(NSc3c(OC)cc(Br)cc3OC)noc2cc1N(C(=O)OC(C)(C)C)c1cc(C2CC2)n(PI)n1. The summed E-state index contributed by atoms with van der Waals surface area (Å²) in [4.78, 5) is 15.8. The Morgan fingerprint density at radius 1 is 1.12 bits per heavy atom. The molecule has 1 aliphatic rings. The number of benzene rings is 2. The van der Waals surface area contributed by atoms with Crippen molar-refractivity contribution < 1.29 is 28.3 Å². The van der Waals surface area contributed by atoms with E-state index in [1.165, 1.54) is 16.8 Å². The smallest absolute Gasteiger partial charge is 0.420 e. The lowest BCUT2D eigenvalue weighted by atomic mass is 10.2. The summed E-state index contributed by atoms with van der Waals surface area (Å²) >= 11 is 7.04. The lowest BCUT2D eigenvalue weighted by Crippen LogP contribution is -2.34. The Morgan fingerprint density at radius 2 is 1.79 bits per heavy atom. The number of ether oxygens (including phenoxy) is 4. The zero-order valence-corrected chi connectivity index (χ0v) is 29.3. The van der Waals surface area contributed by atoms with Gasteiger partial charge in [0, 0.05) is 28.2 Å². The van der Waals surface area contributed by atoms with Crippen molar-refractivity contribution in [2.45, 2.75) is 50.0 Å². The molecule has 0 bridgehead atoms. The summed E-state index contributed by atoms with van der Waals surface area (Å²) in [5, 5.41) is 9.68. The number of rotatable bonds is 10. The number of hydrogen-bond acceptors (Lipinski definition) is 10. The summed E-state index contributed by atoms with van der Waals surface area (Å²) in [5.74, 6) is 3.02. The van der Waals surface area contributed by atoms with E-state index in [0.717, 1.165) is 27.9 Å². The third-order valence-electron chi connectivity index (χ3n) is 6.29. The molecule has 1 saturated carbocycles. The molecule has 15 heteroatoms. The molecule has 0 saturated heterocycles. The number of nitrogens with one attached hydrogen (secondary N) is 1. The van der Waals surface area contributed by atoms with Crippen LogP contribution < -0.4 is 23.8 Å². The Balaban J connectivity index is 1.54. The molecular formula is C27H30BrIN5O6PS. The van der Waals surface area contributed by atoms with Gasteiger partial charge >= 0.3 is 6.09 Å². The molecule has 1 amide bonds. The maximum Gasteiger partial charge on any atom is 0.420 e. The van der Waals surface area contributed by atoms with Crippen LogP contribution in [0.2, 0.25) is 0 Å². The Kier molecular flexibility index (Phi) is 9.36. The number of fused-ring (bicyclic) bond motifs is 1. The molecule has 0 radical (unpaired) electrons. The molecule has 1 unspecified atom stereocenters. The zero-order chi connectivity index (χ0) is 30.2. The van der Waals surface area contributed by atoms with Crippen LogP contribution in [0.5, 0.6) is 17.2 Å². The van der Waals surface area contributed by atoms with Crippen LogP contribution in [0, 0.1) is 0 Å². The number of methoxy groups -OCH3 is 3. The van der Waals surface area contributed by atoms with E-state index in [2.05, 4.69) is 47.8 Å². The van der Waals surface area contributed by atoms with Gasteiger partial charge in [-0.05, 0) is 85.8 Å². The number of carbonyl (C=O) groups is 1. The first-order valence-corrected chi connectivity index (χ1v) is 18.6. The van der Waals surface area contributed by atoms with Crippen LogP contribution in [-0.2, 0) is 4.74 Å². The van der Waals surface area contributed by atoms with Crippen molar-refractivity contribution in [2.24, 2.45) is 0 Å². The fraction of sp³-hybridized carbons (Fsp3) is 0.370. The number of nitrogens with zero attached hydrogens (tertiary/aromatic N) is 4. The fourth-order valence-corrected chi connectivity index (χ4v) is 7.16. The standard InChI is InChI=1S/C27H30BrIN5O6PS/c1-27(2,3)39-26(35)33(23-13-17(14-7-8-14)34(30-23)41-29)18-12-19-16(11-20(18)36-4)25(31-40-19)32-42-24-21(37-5)9-15(28)10-22(24)38-6/h9-14,41H,7-8H2,1-6H3,(H,31,32). The Bertz CT molecular complexity index is 1600. The highest BCUT2D eigenvalue weighted by molar-refractivity contribution is 14.2. The monoisotopic (exact) mass is 789 g/mol. The Hall–Kier alpha value is -2.42. The van der Waals surface area contributed by atoms with Gasteiger partial charge in [-0.15, -0.1) is 0 Å². The molecule has 0 aliphatic heterocycles. The first-order chi connectivity index (χ1) is 20.1. The lowest BCUT2D eigenvalue weighted by Gasteiger charge is -2.27. The number of carbonyl (C=O) groups excluding carboxylic acids is 1. The second kappa shape index (κ2) is 12.7. The molecule has 11 nitrogen and oxygen atoms in total. The topological polar surface area (TPSA) is 113 Å². The van der Waals surface area contributed by atoms with Crippen molar-refractivity contribution in [3.63, 3.8) is 0 Å². The first kappa shape index (κ1) is 31.0. The molecule has 1 atom stereocenters. The molecule has 4 aromatic rings. The van der Waals surface area contributed by atoms with Gasteiger partial charge in [0.2, 0.25) is 0 Å². The normalized spacial score (nSPS) is 13.5. The van der Waals surface area contributed by atoms with Gasteiger partial charge < -0.3 is 28.2 Å². The van der Waals surface area contributed by atoms with Gasteiger partial charge in [-0.25, -0.2) is 14.1 Å². The minimum absolute atomic E-state index is 0.392. The molecule has 5 rings (SSSR count). The van der Waals surface area contributed by atoms with Gasteiger partial charge in [0.25, 0.3) is 0 Å². The van der Waals surface area contributed by atoms with E-state index in [1.807, 2.05) is 43.4 Å². The van der Waals surface area contributed by atoms with Crippen molar-refractivity contribution in [1.29, 1.82) is 0 Å². The van der Waals surface area contributed by atoms with E-state index in [4.69, 9.17) is 28.6 Å². The maximum absolute atomic E-state index is 13.7. The minimum Gasteiger partial charge on any atom is -0.495 e. The summed E-state index contributed by atoms with van der Waals surface area (Å²) in [6.45, 7) is 5.47. The minimum atomic E-state index is -0.727. The van der Waals surface area contributed by atoms with E-state index >= 15 is 0 Å². The second-order valence-electron chi connectivity index (χ2n) is 10.4. The highest BCUT2D eigenvalue weighted by Crippen LogP contribution is 2.47. The van der Waals surface area contributed by atoms with Crippen LogP contribution in [0.4, 0.5) is 22.1 Å². The molecule has 2 aromatic carbocycles. The van der Waals surface area contributed by atoms with E-state index in [9.17, 15) is 4.79 Å². The number of amides is 1. The molecule has 224 valence electrons. The van der Waals surface area contributed by atoms with Gasteiger partial charge in [-0.3, -0.25) is 0 Å². The van der Waals surface area contributed by atoms with Gasteiger partial charge in [0.15, 0.2) is 17.2 Å². The molecule has 1 N–H and O–H groups in total. The van der Waals surface area contributed by atoms with Crippen molar-refractivity contribution in [1.82, 2.24) is 14.7 Å². The number of halogens is 2. The van der Waals surface area contributed by atoms with Crippen LogP contribution in [0.25, 0.3) is 11.0 Å². The molecule has 42 heavy (non-hydrogen) atoms. The summed E-state index contributed by atoms with van der Waals surface area (Å²) in [6.07, 6.45) is 2.03. The maximum atomic E-state index is 13.7. The van der Waals surface area contributed by atoms with E-state index in [0.29, 0.717) is 57.8 Å². The van der Waals surface area contributed by atoms with Crippen molar-refractivity contribution in [2.75, 3.05) is 31.0 Å². The Morgan fingerprint density at radius 3 is 2.36 bits per heavy atom. The molecular weight excluding hydrogens is 760 g/mol. The van der Waals surface area contributed by atoms with Crippen LogP contribution in [-0.4, -0.2) is 47.7 Å². The van der Waals surface area contributed by atoms with Gasteiger partial charge in [-0.1, -0.05) is 21.1 Å².